The predicted molar refractivity (Wildman–Crippen MR) is 49.9 cm³/mol. The van der Waals surface area contributed by atoms with E-state index in [0.29, 0.717) is 0 Å². The molecule has 0 aliphatic carbocycles. The highest BCUT2D eigenvalue weighted by atomic mass is 32.2. The summed E-state index contributed by atoms with van der Waals surface area (Å²) in [4.78, 5) is 0. The van der Waals surface area contributed by atoms with Crippen molar-refractivity contribution in [1.82, 2.24) is 0 Å². The number of hydrogen-bond donors (Lipinski definition) is 2. The van der Waals surface area contributed by atoms with Crippen molar-refractivity contribution in [1.29, 1.82) is 0 Å². The van der Waals surface area contributed by atoms with Crippen LogP contribution in [-0.4, -0.2) is 33.9 Å². The van der Waals surface area contributed by atoms with Crippen LogP contribution in [0.2, 0.25) is 0 Å². The Kier molecular flexibility index (Phi) is 7.12. The molecule has 3 heteroatoms. The minimum Gasteiger partial charge on any atom is -0.393 e. The zero-order chi connectivity index (χ0) is 8.69. The molecule has 0 heterocycles. The maximum atomic E-state index is 8.90. The maximum absolute atomic E-state index is 8.90. The van der Waals surface area contributed by atoms with E-state index in [9.17, 15) is 0 Å². The second-order valence-corrected chi connectivity index (χ2v) is 4.11. The molecule has 0 saturated heterocycles. The van der Waals surface area contributed by atoms with Crippen LogP contribution < -0.4 is 0 Å². The Morgan fingerprint density at radius 2 is 1.36 bits per heavy atom. The molecule has 68 valence electrons. The fourth-order valence-corrected chi connectivity index (χ4v) is 1.83. The van der Waals surface area contributed by atoms with Gasteiger partial charge in [0.25, 0.3) is 0 Å². The van der Waals surface area contributed by atoms with Crippen LogP contribution in [0, 0.1) is 0 Å². The third-order valence-electron chi connectivity index (χ3n) is 1.36. The molecule has 2 N–H and O–H groups in total. The van der Waals surface area contributed by atoms with Crippen LogP contribution >= 0.6 is 11.8 Å². The average molecular weight is 178 g/mol. The summed E-state index contributed by atoms with van der Waals surface area (Å²) in [5.74, 6) is 1.98. The number of rotatable bonds is 6. The molecule has 0 aromatic rings. The zero-order valence-corrected chi connectivity index (χ0v) is 8.10. The van der Waals surface area contributed by atoms with E-state index in [1.54, 1.807) is 25.6 Å². The molecule has 0 bridgehead atoms. The molecule has 2 unspecified atom stereocenters. The van der Waals surface area contributed by atoms with Gasteiger partial charge in [0.2, 0.25) is 0 Å². The van der Waals surface area contributed by atoms with Gasteiger partial charge in [-0.15, -0.1) is 0 Å². The summed E-state index contributed by atoms with van der Waals surface area (Å²) in [6.45, 7) is 3.60. The van der Waals surface area contributed by atoms with E-state index in [-0.39, 0.29) is 12.2 Å². The largest absolute Gasteiger partial charge is 0.393 e. The smallest absolute Gasteiger partial charge is 0.0520 e. The second-order valence-electron chi connectivity index (χ2n) is 2.89. The standard InChI is InChI=1S/C8H18O2S/c1-7(9)3-5-11-6-4-8(2)10/h7-10H,3-6H2,1-2H3. The lowest BCUT2D eigenvalue weighted by Crippen LogP contribution is -2.03. The van der Waals surface area contributed by atoms with Crippen molar-refractivity contribution >= 4 is 11.8 Å². The van der Waals surface area contributed by atoms with Gasteiger partial charge in [0.1, 0.15) is 0 Å². The van der Waals surface area contributed by atoms with Crippen molar-refractivity contribution in [2.24, 2.45) is 0 Å². The molecule has 0 saturated carbocycles. The first-order chi connectivity index (χ1) is 5.13. The van der Waals surface area contributed by atoms with Crippen LogP contribution in [0.5, 0.6) is 0 Å². The van der Waals surface area contributed by atoms with Crippen LogP contribution in [0.15, 0.2) is 0 Å². The monoisotopic (exact) mass is 178 g/mol. The molecule has 0 aromatic carbocycles. The van der Waals surface area contributed by atoms with Crippen molar-refractivity contribution in [3.05, 3.63) is 0 Å². The summed E-state index contributed by atoms with van der Waals surface area (Å²) in [7, 11) is 0. The van der Waals surface area contributed by atoms with Crippen molar-refractivity contribution in [2.75, 3.05) is 11.5 Å². The molecule has 0 aliphatic rings. The Labute approximate surface area is 73.0 Å². The van der Waals surface area contributed by atoms with E-state index < -0.39 is 0 Å². The Morgan fingerprint density at radius 3 is 1.64 bits per heavy atom. The lowest BCUT2D eigenvalue weighted by atomic mass is 10.3. The third kappa shape index (κ3) is 10.3. The summed E-state index contributed by atoms with van der Waals surface area (Å²) < 4.78 is 0. The molecule has 11 heavy (non-hydrogen) atoms. The van der Waals surface area contributed by atoms with Gasteiger partial charge in [-0.1, -0.05) is 0 Å². The Morgan fingerprint density at radius 1 is 1.00 bits per heavy atom. The molecule has 0 rings (SSSR count). The van der Waals surface area contributed by atoms with E-state index in [2.05, 4.69) is 0 Å². The molecule has 0 aliphatic heterocycles. The van der Waals surface area contributed by atoms with Crippen molar-refractivity contribution < 1.29 is 10.2 Å². The van der Waals surface area contributed by atoms with Crippen molar-refractivity contribution in [2.45, 2.75) is 38.9 Å². The summed E-state index contributed by atoms with van der Waals surface area (Å²) >= 11 is 1.79. The van der Waals surface area contributed by atoms with Gasteiger partial charge in [0.15, 0.2) is 0 Å². The first kappa shape index (κ1) is 11.3. The fraction of sp³-hybridized carbons (Fsp3) is 1.00. The fourth-order valence-electron chi connectivity index (χ4n) is 0.610. The molecule has 0 fully saturated rings. The molecule has 0 amide bonds. The van der Waals surface area contributed by atoms with Gasteiger partial charge in [-0.3, -0.25) is 0 Å². The molecule has 0 radical (unpaired) electrons. The predicted octanol–water partition coefficient (Wildman–Crippen LogP) is 1.26. The number of aliphatic hydroxyl groups excluding tert-OH is 2. The van der Waals surface area contributed by atoms with Crippen LogP contribution in [0.1, 0.15) is 26.7 Å². The first-order valence-corrected chi connectivity index (χ1v) is 5.22. The second kappa shape index (κ2) is 6.95. The zero-order valence-electron chi connectivity index (χ0n) is 7.29. The molecule has 0 aromatic heterocycles. The summed E-state index contributed by atoms with van der Waals surface area (Å²) in [5, 5.41) is 17.8. The summed E-state index contributed by atoms with van der Waals surface area (Å²) in [6.07, 6.45) is 1.33. The minimum absolute atomic E-state index is 0.186. The van der Waals surface area contributed by atoms with Crippen LogP contribution in [0.25, 0.3) is 0 Å². The van der Waals surface area contributed by atoms with E-state index in [4.69, 9.17) is 10.2 Å². The van der Waals surface area contributed by atoms with Gasteiger partial charge < -0.3 is 10.2 Å². The topological polar surface area (TPSA) is 40.5 Å². The van der Waals surface area contributed by atoms with Crippen LogP contribution in [-0.2, 0) is 0 Å². The van der Waals surface area contributed by atoms with Crippen LogP contribution in [0.3, 0.4) is 0 Å². The highest BCUT2D eigenvalue weighted by molar-refractivity contribution is 7.99. The first-order valence-electron chi connectivity index (χ1n) is 4.06. The van der Waals surface area contributed by atoms with E-state index in [0.717, 1.165) is 24.3 Å². The van der Waals surface area contributed by atoms with E-state index in [1.807, 2.05) is 0 Å². The number of thioether (sulfide) groups is 1. The lowest BCUT2D eigenvalue weighted by molar-refractivity contribution is 0.191. The highest BCUT2D eigenvalue weighted by Gasteiger charge is 1.97. The Hall–Kier alpha value is 0.270. The number of aliphatic hydroxyl groups is 2. The average Bonchev–Trinajstić information content (AvgIpc) is 1.85. The Bertz CT molecular complexity index is 74.2. The van der Waals surface area contributed by atoms with Crippen molar-refractivity contribution in [3.63, 3.8) is 0 Å². The summed E-state index contributed by atoms with van der Waals surface area (Å²) in [6, 6.07) is 0. The summed E-state index contributed by atoms with van der Waals surface area (Å²) in [5.41, 5.74) is 0. The van der Waals surface area contributed by atoms with Crippen molar-refractivity contribution in [3.8, 4) is 0 Å². The molecule has 2 nitrogen and oxygen atoms in total. The quantitative estimate of drug-likeness (QED) is 0.602. The normalized spacial score (nSPS) is 16.4. The Balaban J connectivity index is 2.91. The third-order valence-corrected chi connectivity index (χ3v) is 2.41. The van der Waals surface area contributed by atoms with Gasteiger partial charge in [0, 0.05) is 0 Å². The van der Waals surface area contributed by atoms with Gasteiger partial charge in [-0.2, -0.15) is 11.8 Å². The molecule has 2 atom stereocenters. The van der Waals surface area contributed by atoms with Gasteiger partial charge in [0.05, 0.1) is 12.2 Å². The van der Waals surface area contributed by atoms with Gasteiger partial charge in [-0.25, -0.2) is 0 Å². The minimum atomic E-state index is -0.186. The number of hydrogen-bond acceptors (Lipinski definition) is 3. The molecular formula is C8H18O2S. The maximum Gasteiger partial charge on any atom is 0.0520 e. The molecule has 0 spiro atoms. The molecular weight excluding hydrogens is 160 g/mol. The lowest BCUT2D eigenvalue weighted by Gasteiger charge is -2.04. The van der Waals surface area contributed by atoms with Gasteiger partial charge in [-0.05, 0) is 38.2 Å². The van der Waals surface area contributed by atoms with Gasteiger partial charge >= 0.3 is 0 Å². The highest BCUT2D eigenvalue weighted by Crippen LogP contribution is 2.07. The van der Waals surface area contributed by atoms with E-state index in [1.165, 1.54) is 0 Å². The SMILES string of the molecule is CC(O)CCSCCC(C)O. The van der Waals surface area contributed by atoms with Crippen LogP contribution in [0.4, 0.5) is 0 Å². The van der Waals surface area contributed by atoms with E-state index >= 15 is 0 Å².